The van der Waals surface area contributed by atoms with Crippen LogP contribution in [0.2, 0.25) is 0 Å². The van der Waals surface area contributed by atoms with E-state index in [0.717, 1.165) is 0 Å². The summed E-state index contributed by atoms with van der Waals surface area (Å²) in [5.41, 5.74) is 0.0191. The van der Waals surface area contributed by atoms with E-state index in [2.05, 4.69) is 11.9 Å². The third-order valence-electron chi connectivity index (χ3n) is 4.12. The van der Waals surface area contributed by atoms with Gasteiger partial charge in [0.2, 0.25) is 0 Å². The van der Waals surface area contributed by atoms with Crippen molar-refractivity contribution in [2.24, 2.45) is 0 Å². The van der Waals surface area contributed by atoms with E-state index in [-0.39, 0.29) is 33.8 Å². The first kappa shape index (κ1) is 17.6. The maximum Gasteiger partial charge on any atom is 0.337 e. The van der Waals surface area contributed by atoms with Gasteiger partial charge in [0, 0.05) is 24.9 Å². The summed E-state index contributed by atoms with van der Waals surface area (Å²) in [4.78, 5) is 12.7. The van der Waals surface area contributed by atoms with Crippen LogP contribution in [0.3, 0.4) is 0 Å². The quantitative estimate of drug-likeness (QED) is 0.841. The maximum absolute atomic E-state index is 14.5. The molecule has 0 amide bonds. The smallest absolute Gasteiger partial charge is 0.337 e. The second-order valence-electron chi connectivity index (χ2n) is 5.98. The first-order valence-electron chi connectivity index (χ1n) is 7.63. The monoisotopic (exact) mass is 360 g/mol. The number of carboxylic acid groups (broad SMARTS) is 1. The van der Waals surface area contributed by atoms with Crippen LogP contribution in [0, 0.1) is 24.4 Å². The number of carboxylic acids is 1. The number of nitrogens with zero attached hydrogens (tertiary/aromatic N) is 1. The van der Waals surface area contributed by atoms with Crippen LogP contribution in [0.4, 0.5) is 30.2 Å². The minimum atomic E-state index is -1.29. The number of carbonyl (C=O) groups is 1. The van der Waals surface area contributed by atoms with Gasteiger partial charge in [0.05, 0.1) is 22.6 Å². The van der Waals surface area contributed by atoms with E-state index >= 15 is 0 Å². The zero-order valence-corrected chi connectivity index (χ0v) is 14.0. The molecule has 7 heteroatoms. The fourth-order valence-corrected chi connectivity index (χ4v) is 2.88. The van der Waals surface area contributed by atoms with Gasteiger partial charge in [-0.15, -0.1) is 0 Å². The molecular weight excluding hydrogens is 345 g/mol. The number of anilines is 3. The van der Waals surface area contributed by atoms with Crippen LogP contribution in [-0.2, 0) is 4.79 Å². The molecule has 0 aliphatic carbocycles. The van der Waals surface area contributed by atoms with Crippen molar-refractivity contribution in [3.63, 3.8) is 0 Å². The van der Waals surface area contributed by atoms with Crippen molar-refractivity contribution in [3.05, 3.63) is 71.2 Å². The van der Waals surface area contributed by atoms with Crippen molar-refractivity contribution in [2.45, 2.75) is 6.92 Å². The summed E-state index contributed by atoms with van der Waals surface area (Å²) in [5.74, 6) is -3.77. The minimum absolute atomic E-state index is 0.0230. The largest absolute Gasteiger partial charge is 0.478 e. The van der Waals surface area contributed by atoms with Crippen LogP contribution in [0.25, 0.3) is 5.57 Å². The predicted octanol–water partition coefficient (Wildman–Crippen LogP) is 4.59. The number of aliphatic carboxylic acids is 1. The Hall–Kier alpha value is -3.22. The van der Waals surface area contributed by atoms with Crippen LogP contribution in [-0.4, -0.2) is 18.1 Å². The zero-order chi connectivity index (χ0) is 19.2. The zero-order valence-electron chi connectivity index (χ0n) is 14.0. The van der Waals surface area contributed by atoms with Crippen LogP contribution in [0.1, 0.15) is 11.1 Å². The van der Waals surface area contributed by atoms with Crippen molar-refractivity contribution in [2.75, 3.05) is 17.3 Å². The number of nitrogens with one attached hydrogen (secondary N) is 1. The van der Waals surface area contributed by atoms with E-state index < -0.39 is 23.4 Å². The van der Waals surface area contributed by atoms with Crippen LogP contribution < -0.4 is 10.2 Å². The summed E-state index contributed by atoms with van der Waals surface area (Å²) in [6, 6.07) is 4.97. The average molecular weight is 360 g/mol. The lowest BCUT2D eigenvalue weighted by Crippen LogP contribution is -2.22. The molecule has 0 atom stereocenters. The van der Waals surface area contributed by atoms with E-state index in [1.54, 1.807) is 13.0 Å². The highest BCUT2D eigenvalue weighted by atomic mass is 19.1. The number of hydrogen-bond donors (Lipinski definition) is 2. The Kier molecular flexibility index (Phi) is 4.23. The number of hydrogen-bond acceptors (Lipinski definition) is 3. The van der Waals surface area contributed by atoms with Gasteiger partial charge in [-0.2, -0.15) is 0 Å². The molecule has 134 valence electrons. The molecule has 1 aliphatic rings. The SMILES string of the molecule is C=C1C(C(=O)O)=CN(C)c2c(F)cc(F)c(Nc3ccc(C)cc3F)c21. The molecule has 1 aliphatic heterocycles. The highest BCUT2D eigenvalue weighted by Gasteiger charge is 2.30. The van der Waals surface area contributed by atoms with Crippen molar-refractivity contribution >= 4 is 28.6 Å². The summed E-state index contributed by atoms with van der Waals surface area (Å²) in [6.45, 7) is 5.37. The Bertz CT molecular complexity index is 983. The molecule has 0 saturated carbocycles. The highest BCUT2D eigenvalue weighted by molar-refractivity contribution is 6.10. The Morgan fingerprint density at radius 2 is 1.85 bits per heavy atom. The van der Waals surface area contributed by atoms with Crippen LogP contribution in [0.15, 0.2) is 42.6 Å². The number of benzene rings is 2. The molecular formula is C19H15F3N2O2. The molecule has 0 spiro atoms. The number of halogens is 3. The average Bonchev–Trinajstić information content (AvgIpc) is 2.54. The lowest BCUT2D eigenvalue weighted by atomic mass is 9.92. The second kappa shape index (κ2) is 6.25. The Morgan fingerprint density at radius 1 is 1.15 bits per heavy atom. The molecule has 4 nitrogen and oxygen atoms in total. The molecule has 0 unspecified atom stereocenters. The fraction of sp³-hybridized carbons (Fsp3) is 0.105. The second-order valence-corrected chi connectivity index (χ2v) is 5.98. The number of aryl methyl sites for hydroxylation is 1. The summed E-state index contributed by atoms with van der Waals surface area (Å²) in [7, 11) is 1.44. The molecule has 0 fully saturated rings. The van der Waals surface area contributed by atoms with Gasteiger partial charge in [0.1, 0.15) is 11.6 Å². The van der Waals surface area contributed by atoms with Gasteiger partial charge in [-0.1, -0.05) is 12.6 Å². The number of fused-ring (bicyclic) bond motifs is 1. The van der Waals surface area contributed by atoms with E-state index in [1.165, 1.54) is 30.3 Å². The normalized spacial score (nSPS) is 13.3. The van der Waals surface area contributed by atoms with Gasteiger partial charge in [0.25, 0.3) is 0 Å². The van der Waals surface area contributed by atoms with Gasteiger partial charge in [-0.25, -0.2) is 18.0 Å². The molecule has 0 radical (unpaired) electrons. The summed E-state index contributed by atoms with van der Waals surface area (Å²) < 4.78 is 43.0. The molecule has 0 bridgehead atoms. The molecule has 0 aromatic heterocycles. The summed E-state index contributed by atoms with van der Waals surface area (Å²) >= 11 is 0. The molecule has 2 aromatic carbocycles. The summed E-state index contributed by atoms with van der Waals surface area (Å²) in [5, 5.41) is 11.9. The Morgan fingerprint density at radius 3 is 2.46 bits per heavy atom. The summed E-state index contributed by atoms with van der Waals surface area (Å²) in [6.07, 6.45) is 1.20. The van der Waals surface area contributed by atoms with E-state index in [0.29, 0.717) is 11.6 Å². The minimum Gasteiger partial charge on any atom is -0.478 e. The topological polar surface area (TPSA) is 52.6 Å². The third kappa shape index (κ3) is 2.81. The highest BCUT2D eigenvalue weighted by Crippen LogP contribution is 2.44. The van der Waals surface area contributed by atoms with Gasteiger partial charge >= 0.3 is 5.97 Å². The Labute approximate surface area is 147 Å². The molecule has 2 N–H and O–H groups in total. The van der Waals surface area contributed by atoms with Gasteiger partial charge in [-0.05, 0) is 30.2 Å². The van der Waals surface area contributed by atoms with Crippen molar-refractivity contribution in [3.8, 4) is 0 Å². The van der Waals surface area contributed by atoms with Crippen molar-refractivity contribution < 1.29 is 23.1 Å². The lowest BCUT2D eigenvalue weighted by Gasteiger charge is -2.29. The fourth-order valence-electron chi connectivity index (χ4n) is 2.88. The van der Waals surface area contributed by atoms with Gasteiger partial charge in [0.15, 0.2) is 5.82 Å². The van der Waals surface area contributed by atoms with Crippen molar-refractivity contribution in [1.29, 1.82) is 0 Å². The molecule has 2 aromatic rings. The Balaban J connectivity index is 2.21. The van der Waals surface area contributed by atoms with E-state index in [1.807, 2.05) is 0 Å². The van der Waals surface area contributed by atoms with Crippen LogP contribution >= 0.6 is 0 Å². The molecule has 1 heterocycles. The van der Waals surface area contributed by atoms with E-state index in [4.69, 9.17) is 0 Å². The first-order valence-corrected chi connectivity index (χ1v) is 7.63. The lowest BCUT2D eigenvalue weighted by molar-refractivity contribution is -0.132. The van der Waals surface area contributed by atoms with E-state index in [9.17, 15) is 23.1 Å². The third-order valence-corrected chi connectivity index (χ3v) is 4.12. The molecule has 0 saturated heterocycles. The van der Waals surface area contributed by atoms with Gasteiger partial charge in [-0.3, -0.25) is 0 Å². The molecule has 3 rings (SSSR count). The maximum atomic E-state index is 14.5. The predicted molar refractivity (Wildman–Crippen MR) is 93.9 cm³/mol. The standard InChI is InChI=1S/C19H15F3N2O2/c1-9-4-5-15(12(20)6-9)23-17-13(21)7-14(22)18-16(17)10(2)11(19(25)26)8-24(18)3/h4-8,23H,2H2,1,3H3,(H,25,26). The first-order chi connectivity index (χ1) is 12.2. The van der Waals surface area contributed by atoms with Crippen molar-refractivity contribution in [1.82, 2.24) is 0 Å². The van der Waals surface area contributed by atoms with Crippen LogP contribution in [0.5, 0.6) is 0 Å². The van der Waals surface area contributed by atoms with Gasteiger partial charge < -0.3 is 15.3 Å². The molecule has 26 heavy (non-hydrogen) atoms. The number of rotatable bonds is 3.